The topological polar surface area (TPSA) is 73.1 Å². The number of nitrogens with zero attached hydrogens (tertiary/aromatic N) is 2. The van der Waals surface area contributed by atoms with Crippen LogP contribution in [0.1, 0.15) is 41.5 Å². The fraction of sp³-hybridized carbons (Fsp3) is 0.714. The van der Waals surface area contributed by atoms with Gasteiger partial charge in [-0.25, -0.2) is 4.98 Å². The SMILES string of the molecule is CC(C)Oc1ncnc(NC2C(C)(C)C2(C)C)c1N. The number of hydrogen-bond donors (Lipinski definition) is 2. The molecule has 0 radical (unpaired) electrons. The summed E-state index contributed by atoms with van der Waals surface area (Å²) in [6.07, 6.45) is 1.53. The van der Waals surface area contributed by atoms with E-state index in [9.17, 15) is 0 Å². The molecule has 1 aromatic rings. The van der Waals surface area contributed by atoms with Crippen LogP contribution in [0.15, 0.2) is 6.33 Å². The summed E-state index contributed by atoms with van der Waals surface area (Å²) in [7, 11) is 0. The molecule has 1 saturated carbocycles. The molecule has 0 saturated heterocycles. The lowest BCUT2D eigenvalue weighted by Gasteiger charge is -2.14. The molecule has 2 rings (SSSR count). The number of anilines is 2. The number of ether oxygens (including phenoxy) is 1. The summed E-state index contributed by atoms with van der Waals surface area (Å²) in [6, 6.07) is 0.351. The minimum atomic E-state index is 0.0406. The summed E-state index contributed by atoms with van der Waals surface area (Å²) in [6.45, 7) is 12.9. The summed E-state index contributed by atoms with van der Waals surface area (Å²) in [4.78, 5) is 8.31. The first-order valence-corrected chi connectivity index (χ1v) is 6.71. The number of rotatable bonds is 4. The zero-order chi connectivity index (χ0) is 14.4. The Labute approximate surface area is 115 Å². The van der Waals surface area contributed by atoms with Gasteiger partial charge in [0, 0.05) is 6.04 Å². The van der Waals surface area contributed by atoms with Crippen molar-refractivity contribution in [1.82, 2.24) is 9.97 Å². The van der Waals surface area contributed by atoms with Crippen LogP contribution >= 0.6 is 0 Å². The molecule has 0 atom stereocenters. The van der Waals surface area contributed by atoms with Gasteiger partial charge in [-0.2, -0.15) is 4.98 Å². The third-order valence-electron chi connectivity index (χ3n) is 4.50. The molecule has 0 amide bonds. The van der Waals surface area contributed by atoms with Crippen LogP contribution in [0.3, 0.4) is 0 Å². The first-order valence-electron chi connectivity index (χ1n) is 6.71. The molecule has 5 heteroatoms. The van der Waals surface area contributed by atoms with Gasteiger partial charge in [0.25, 0.3) is 0 Å². The minimum absolute atomic E-state index is 0.0406. The van der Waals surface area contributed by atoms with Crippen molar-refractivity contribution >= 4 is 11.5 Å². The fourth-order valence-electron chi connectivity index (χ4n) is 2.51. The first kappa shape index (κ1) is 13.9. The Hall–Kier alpha value is -1.52. The lowest BCUT2D eigenvalue weighted by Crippen LogP contribution is -2.15. The standard InChI is InChI=1S/C14H24N4O/c1-8(2)19-11-9(15)10(16-7-17-11)18-12-13(3,4)14(12,5)6/h7-8,12H,15H2,1-6H3,(H,16,17,18). The van der Waals surface area contributed by atoms with Gasteiger partial charge in [-0.1, -0.05) is 27.7 Å². The Morgan fingerprint density at radius 2 is 1.79 bits per heavy atom. The predicted octanol–water partition coefficient (Wildman–Crippen LogP) is 2.69. The molecule has 0 spiro atoms. The summed E-state index contributed by atoms with van der Waals surface area (Å²) in [5.41, 5.74) is 7.00. The zero-order valence-electron chi connectivity index (χ0n) is 12.6. The molecule has 106 valence electrons. The van der Waals surface area contributed by atoms with Gasteiger partial charge < -0.3 is 15.8 Å². The maximum absolute atomic E-state index is 6.07. The Balaban J connectivity index is 2.19. The molecule has 1 fully saturated rings. The second-order valence-electron chi connectivity index (χ2n) is 6.63. The van der Waals surface area contributed by atoms with Crippen LogP contribution in [0.2, 0.25) is 0 Å². The van der Waals surface area contributed by atoms with Gasteiger partial charge in [-0.05, 0) is 24.7 Å². The third-order valence-corrected chi connectivity index (χ3v) is 4.50. The first-order chi connectivity index (χ1) is 8.68. The van der Waals surface area contributed by atoms with Crippen molar-refractivity contribution in [2.45, 2.75) is 53.7 Å². The summed E-state index contributed by atoms with van der Waals surface area (Å²) in [5, 5.41) is 3.42. The van der Waals surface area contributed by atoms with Gasteiger partial charge in [0.2, 0.25) is 5.88 Å². The Kier molecular flexibility index (Phi) is 3.11. The van der Waals surface area contributed by atoms with E-state index in [1.165, 1.54) is 6.33 Å². The average Bonchev–Trinajstić information content (AvgIpc) is 2.65. The van der Waals surface area contributed by atoms with Gasteiger partial charge in [-0.3, -0.25) is 0 Å². The second kappa shape index (κ2) is 4.25. The quantitative estimate of drug-likeness (QED) is 0.874. The van der Waals surface area contributed by atoms with Crippen LogP contribution in [0.4, 0.5) is 11.5 Å². The van der Waals surface area contributed by atoms with Crippen LogP contribution in [0, 0.1) is 10.8 Å². The van der Waals surface area contributed by atoms with E-state index in [0.717, 1.165) is 0 Å². The normalized spacial score (nSPS) is 20.4. The highest BCUT2D eigenvalue weighted by Crippen LogP contribution is 2.63. The smallest absolute Gasteiger partial charge is 0.242 e. The van der Waals surface area contributed by atoms with E-state index in [1.807, 2.05) is 13.8 Å². The molecule has 1 aliphatic carbocycles. The van der Waals surface area contributed by atoms with Crippen molar-refractivity contribution in [1.29, 1.82) is 0 Å². The van der Waals surface area contributed by atoms with Crippen molar-refractivity contribution in [3.05, 3.63) is 6.33 Å². The van der Waals surface area contributed by atoms with E-state index in [2.05, 4.69) is 43.0 Å². The monoisotopic (exact) mass is 264 g/mol. The van der Waals surface area contributed by atoms with Gasteiger partial charge >= 0.3 is 0 Å². The van der Waals surface area contributed by atoms with Crippen LogP contribution in [0.5, 0.6) is 5.88 Å². The molecule has 0 bridgehead atoms. The summed E-state index contributed by atoms with van der Waals surface area (Å²) in [5.74, 6) is 1.11. The molecular formula is C14H24N4O. The van der Waals surface area contributed by atoms with Crippen molar-refractivity contribution in [3.63, 3.8) is 0 Å². The van der Waals surface area contributed by atoms with Gasteiger partial charge in [0.15, 0.2) is 5.82 Å². The highest BCUT2D eigenvalue weighted by atomic mass is 16.5. The van der Waals surface area contributed by atoms with Crippen LogP contribution in [-0.2, 0) is 0 Å². The maximum Gasteiger partial charge on any atom is 0.242 e. The van der Waals surface area contributed by atoms with Crippen molar-refractivity contribution in [3.8, 4) is 5.88 Å². The Morgan fingerprint density at radius 3 is 2.26 bits per heavy atom. The molecule has 0 unspecified atom stereocenters. The van der Waals surface area contributed by atoms with Crippen molar-refractivity contribution in [2.75, 3.05) is 11.1 Å². The highest BCUT2D eigenvalue weighted by Gasteiger charge is 2.65. The van der Waals surface area contributed by atoms with Crippen LogP contribution in [0.25, 0.3) is 0 Å². The number of hydrogen-bond acceptors (Lipinski definition) is 5. The zero-order valence-corrected chi connectivity index (χ0v) is 12.6. The molecule has 1 aromatic heterocycles. The van der Waals surface area contributed by atoms with E-state index in [-0.39, 0.29) is 16.9 Å². The number of nitrogens with two attached hydrogens (primary N) is 1. The molecular weight excluding hydrogens is 240 g/mol. The highest BCUT2D eigenvalue weighted by molar-refractivity contribution is 5.67. The molecule has 0 aliphatic heterocycles. The molecule has 19 heavy (non-hydrogen) atoms. The minimum Gasteiger partial charge on any atom is -0.473 e. The molecule has 3 N–H and O–H groups in total. The number of aromatic nitrogens is 2. The fourth-order valence-corrected chi connectivity index (χ4v) is 2.51. The predicted molar refractivity (Wildman–Crippen MR) is 77.2 cm³/mol. The van der Waals surface area contributed by atoms with E-state index in [4.69, 9.17) is 10.5 Å². The van der Waals surface area contributed by atoms with E-state index in [1.54, 1.807) is 0 Å². The molecule has 0 aromatic carbocycles. The van der Waals surface area contributed by atoms with Crippen LogP contribution in [-0.4, -0.2) is 22.1 Å². The van der Waals surface area contributed by atoms with Crippen LogP contribution < -0.4 is 15.8 Å². The van der Waals surface area contributed by atoms with Gasteiger partial charge in [0.1, 0.15) is 12.0 Å². The van der Waals surface area contributed by atoms with Gasteiger partial charge in [-0.15, -0.1) is 0 Å². The molecule has 5 nitrogen and oxygen atoms in total. The Morgan fingerprint density at radius 1 is 1.21 bits per heavy atom. The summed E-state index contributed by atoms with van der Waals surface area (Å²) >= 11 is 0. The Bertz CT molecular complexity index is 468. The van der Waals surface area contributed by atoms with E-state index in [0.29, 0.717) is 23.4 Å². The van der Waals surface area contributed by atoms with E-state index < -0.39 is 0 Å². The average molecular weight is 264 g/mol. The van der Waals surface area contributed by atoms with Crippen molar-refractivity contribution in [2.24, 2.45) is 10.8 Å². The second-order valence-corrected chi connectivity index (χ2v) is 6.63. The maximum atomic E-state index is 6.07. The molecule has 1 aliphatic rings. The van der Waals surface area contributed by atoms with Crippen molar-refractivity contribution < 1.29 is 4.74 Å². The molecule has 1 heterocycles. The summed E-state index contributed by atoms with van der Waals surface area (Å²) < 4.78 is 5.58. The number of nitrogen functional groups attached to an aromatic ring is 1. The lowest BCUT2D eigenvalue weighted by atomic mass is 10.0. The number of nitrogens with one attached hydrogen (secondary N) is 1. The lowest BCUT2D eigenvalue weighted by molar-refractivity contribution is 0.234. The van der Waals surface area contributed by atoms with E-state index >= 15 is 0 Å². The third kappa shape index (κ3) is 2.22. The largest absolute Gasteiger partial charge is 0.473 e. The van der Waals surface area contributed by atoms with Gasteiger partial charge in [0.05, 0.1) is 6.10 Å².